The van der Waals surface area contributed by atoms with Gasteiger partial charge in [0.25, 0.3) is 0 Å². The molecule has 1 aliphatic rings. The van der Waals surface area contributed by atoms with Gasteiger partial charge in [-0.2, -0.15) is 0 Å². The predicted molar refractivity (Wildman–Crippen MR) is 76.0 cm³/mol. The molecule has 0 atom stereocenters. The monoisotopic (exact) mass is 298 g/mol. The molecule has 1 aromatic carbocycles. The van der Waals surface area contributed by atoms with Crippen LogP contribution in [0.2, 0.25) is 0 Å². The van der Waals surface area contributed by atoms with Gasteiger partial charge in [0.2, 0.25) is 0 Å². The topological polar surface area (TPSA) is 17.8 Å². The van der Waals surface area contributed by atoms with Crippen LogP contribution >= 0.6 is 11.6 Å². The van der Waals surface area contributed by atoms with Crippen molar-refractivity contribution in [1.82, 2.24) is 9.55 Å². The third kappa shape index (κ3) is 2.53. The smallest absolute Gasteiger partial charge is 0.153 e. The van der Waals surface area contributed by atoms with Gasteiger partial charge in [0, 0.05) is 24.9 Å². The molecule has 0 radical (unpaired) electrons. The standard InChI is InChI=1S/C15H17ClF2N2/c16-6-5-14-19-15-12(18)7-11(17)8-13(15)20(14)9-10-3-1-2-4-10/h7-8,10H,1-6,9H2. The van der Waals surface area contributed by atoms with Crippen LogP contribution in [-0.2, 0) is 13.0 Å². The van der Waals surface area contributed by atoms with E-state index in [9.17, 15) is 8.78 Å². The summed E-state index contributed by atoms with van der Waals surface area (Å²) in [5, 5.41) is 0. The molecule has 0 spiro atoms. The molecule has 2 nitrogen and oxygen atoms in total. The molecule has 20 heavy (non-hydrogen) atoms. The molecule has 0 N–H and O–H groups in total. The van der Waals surface area contributed by atoms with E-state index >= 15 is 0 Å². The SMILES string of the molecule is Fc1cc(F)c2nc(CCCl)n(CC3CCCC3)c2c1. The van der Waals surface area contributed by atoms with Crippen molar-refractivity contribution in [2.24, 2.45) is 5.92 Å². The minimum Gasteiger partial charge on any atom is -0.327 e. The zero-order valence-corrected chi connectivity index (χ0v) is 12.0. The van der Waals surface area contributed by atoms with Crippen LogP contribution in [0.25, 0.3) is 11.0 Å². The minimum absolute atomic E-state index is 0.254. The van der Waals surface area contributed by atoms with Crippen LogP contribution in [0.15, 0.2) is 12.1 Å². The largest absolute Gasteiger partial charge is 0.327 e. The highest BCUT2D eigenvalue weighted by atomic mass is 35.5. The van der Waals surface area contributed by atoms with E-state index < -0.39 is 11.6 Å². The van der Waals surface area contributed by atoms with Crippen molar-refractivity contribution >= 4 is 22.6 Å². The maximum Gasteiger partial charge on any atom is 0.153 e. The fraction of sp³-hybridized carbons (Fsp3) is 0.533. The van der Waals surface area contributed by atoms with E-state index in [4.69, 9.17) is 11.6 Å². The quantitative estimate of drug-likeness (QED) is 0.770. The highest BCUT2D eigenvalue weighted by molar-refractivity contribution is 6.17. The first-order valence-electron chi connectivity index (χ1n) is 7.09. The maximum absolute atomic E-state index is 13.8. The lowest BCUT2D eigenvalue weighted by molar-refractivity contribution is 0.455. The van der Waals surface area contributed by atoms with Crippen molar-refractivity contribution in [3.63, 3.8) is 0 Å². The zero-order chi connectivity index (χ0) is 14.1. The van der Waals surface area contributed by atoms with E-state index in [0.29, 0.717) is 23.7 Å². The van der Waals surface area contributed by atoms with Crippen molar-refractivity contribution in [2.45, 2.75) is 38.6 Å². The maximum atomic E-state index is 13.8. The van der Waals surface area contributed by atoms with Crippen molar-refractivity contribution in [3.8, 4) is 0 Å². The van der Waals surface area contributed by atoms with Crippen LogP contribution in [0, 0.1) is 17.6 Å². The summed E-state index contributed by atoms with van der Waals surface area (Å²) in [6, 6.07) is 2.26. The number of alkyl halides is 1. The second-order valence-electron chi connectivity index (χ2n) is 5.48. The van der Waals surface area contributed by atoms with Crippen molar-refractivity contribution in [3.05, 3.63) is 29.6 Å². The van der Waals surface area contributed by atoms with Crippen molar-refractivity contribution in [2.75, 3.05) is 5.88 Å². The summed E-state index contributed by atoms with van der Waals surface area (Å²) in [4.78, 5) is 4.32. The number of nitrogens with zero attached hydrogens (tertiary/aromatic N) is 2. The number of aromatic nitrogens is 2. The lowest BCUT2D eigenvalue weighted by Gasteiger charge is -2.13. The van der Waals surface area contributed by atoms with E-state index in [1.54, 1.807) is 0 Å². The van der Waals surface area contributed by atoms with Gasteiger partial charge in [0.15, 0.2) is 5.82 Å². The highest BCUT2D eigenvalue weighted by Crippen LogP contribution is 2.29. The Labute approximate surface area is 121 Å². The Kier molecular flexibility index (Phi) is 3.92. The average Bonchev–Trinajstić information content (AvgIpc) is 3.01. The molecule has 1 heterocycles. The third-order valence-corrected chi connectivity index (χ3v) is 4.27. The molecule has 5 heteroatoms. The molecule has 2 aromatic rings. The van der Waals surface area contributed by atoms with Gasteiger partial charge < -0.3 is 4.57 Å². The fourth-order valence-electron chi connectivity index (χ4n) is 3.13. The second-order valence-corrected chi connectivity index (χ2v) is 5.86. The van der Waals surface area contributed by atoms with E-state index in [0.717, 1.165) is 18.4 Å². The van der Waals surface area contributed by atoms with Gasteiger partial charge in [-0.15, -0.1) is 11.6 Å². The van der Waals surface area contributed by atoms with Gasteiger partial charge >= 0.3 is 0 Å². The van der Waals surface area contributed by atoms with Gasteiger partial charge in [-0.3, -0.25) is 0 Å². The zero-order valence-electron chi connectivity index (χ0n) is 11.2. The Morgan fingerprint density at radius 3 is 2.70 bits per heavy atom. The first-order chi connectivity index (χ1) is 9.69. The second kappa shape index (κ2) is 5.68. The van der Waals surface area contributed by atoms with E-state index in [-0.39, 0.29) is 5.52 Å². The first kappa shape index (κ1) is 13.8. The number of benzene rings is 1. The number of aryl methyl sites for hydroxylation is 1. The van der Waals surface area contributed by atoms with E-state index in [2.05, 4.69) is 4.98 Å². The molecule has 1 aliphatic carbocycles. The molecular formula is C15H17ClF2N2. The summed E-state index contributed by atoms with van der Waals surface area (Å²) in [7, 11) is 0. The van der Waals surface area contributed by atoms with Crippen molar-refractivity contribution in [1.29, 1.82) is 0 Å². The molecule has 0 unspecified atom stereocenters. The summed E-state index contributed by atoms with van der Waals surface area (Å²) < 4.78 is 29.3. The van der Waals surface area contributed by atoms with Gasteiger partial charge in [0.05, 0.1) is 5.52 Å². The number of rotatable bonds is 4. The summed E-state index contributed by atoms with van der Waals surface area (Å²) in [5.74, 6) is 0.609. The molecule has 0 amide bonds. The fourth-order valence-corrected chi connectivity index (χ4v) is 3.30. The van der Waals surface area contributed by atoms with Crippen LogP contribution < -0.4 is 0 Å². The molecule has 1 aromatic heterocycles. The summed E-state index contributed by atoms with van der Waals surface area (Å²) in [6.07, 6.45) is 5.41. The average molecular weight is 299 g/mol. The van der Waals surface area contributed by atoms with Crippen LogP contribution in [-0.4, -0.2) is 15.4 Å². The number of fused-ring (bicyclic) bond motifs is 1. The molecule has 0 saturated heterocycles. The third-order valence-electron chi connectivity index (χ3n) is 4.08. The highest BCUT2D eigenvalue weighted by Gasteiger charge is 2.20. The predicted octanol–water partition coefficient (Wildman–Crippen LogP) is 4.29. The Hall–Kier alpha value is -1.16. The minimum atomic E-state index is -0.596. The van der Waals surface area contributed by atoms with E-state index in [1.807, 2.05) is 4.57 Å². The summed E-state index contributed by atoms with van der Waals surface area (Å²) in [5.41, 5.74) is 0.805. The van der Waals surface area contributed by atoms with Gasteiger partial charge in [-0.25, -0.2) is 13.8 Å². The van der Waals surface area contributed by atoms with Crippen LogP contribution in [0.4, 0.5) is 8.78 Å². The first-order valence-corrected chi connectivity index (χ1v) is 7.62. The summed E-state index contributed by atoms with van der Waals surface area (Å²) in [6.45, 7) is 0.783. The number of imidazole rings is 1. The van der Waals surface area contributed by atoms with Gasteiger partial charge in [-0.05, 0) is 24.8 Å². The molecule has 0 bridgehead atoms. The molecular weight excluding hydrogens is 282 g/mol. The Bertz CT molecular complexity index is 618. The molecule has 3 rings (SSSR count). The molecule has 0 aliphatic heterocycles. The van der Waals surface area contributed by atoms with Gasteiger partial charge in [0.1, 0.15) is 17.2 Å². The van der Waals surface area contributed by atoms with E-state index in [1.165, 1.54) is 31.7 Å². The Morgan fingerprint density at radius 2 is 2.00 bits per heavy atom. The normalized spacial score (nSPS) is 16.4. The van der Waals surface area contributed by atoms with Crippen molar-refractivity contribution < 1.29 is 8.78 Å². The van der Waals surface area contributed by atoms with Crippen LogP contribution in [0.3, 0.4) is 0 Å². The number of halogens is 3. The lowest BCUT2D eigenvalue weighted by atomic mass is 10.1. The number of hydrogen-bond acceptors (Lipinski definition) is 1. The lowest BCUT2D eigenvalue weighted by Crippen LogP contribution is -2.11. The van der Waals surface area contributed by atoms with Gasteiger partial charge in [-0.1, -0.05) is 12.8 Å². The van der Waals surface area contributed by atoms with Crippen LogP contribution in [0.5, 0.6) is 0 Å². The molecule has 1 saturated carbocycles. The Morgan fingerprint density at radius 1 is 1.25 bits per heavy atom. The Balaban J connectivity index is 2.07. The number of hydrogen-bond donors (Lipinski definition) is 0. The van der Waals surface area contributed by atoms with Crippen LogP contribution in [0.1, 0.15) is 31.5 Å². The molecule has 108 valence electrons. The summed E-state index contributed by atoms with van der Waals surface area (Å²) >= 11 is 5.80. The molecule has 1 fully saturated rings.